The van der Waals surface area contributed by atoms with Crippen molar-refractivity contribution in [3.63, 3.8) is 0 Å². The number of pyridine rings is 1. The van der Waals surface area contributed by atoms with Gasteiger partial charge in [0.15, 0.2) is 5.75 Å². The number of allylic oxidation sites excluding steroid dienone is 1. The van der Waals surface area contributed by atoms with E-state index in [0.717, 1.165) is 28.4 Å². The summed E-state index contributed by atoms with van der Waals surface area (Å²) in [5.41, 5.74) is 2.42. The number of rotatable bonds is 3. The molecule has 1 saturated carbocycles. The maximum absolute atomic E-state index is 12.8. The molecule has 21 heavy (non-hydrogen) atoms. The van der Waals surface area contributed by atoms with Gasteiger partial charge < -0.3 is 15.0 Å². The second-order valence-corrected chi connectivity index (χ2v) is 6.46. The molecule has 1 fully saturated rings. The van der Waals surface area contributed by atoms with E-state index >= 15 is 0 Å². The van der Waals surface area contributed by atoms with Crippen LogP contribution in [0.3, 0.4) is 0 Å². The Morgan fingerprint density at radius 1 is 1.48 bits per heavy atom. The highest BCUT2D eigenvalue weighted by Gasteiger charge is 2.30. The predicted octanol–water partition coefficient (Wildman–Crippen LogP) is 4.06. The average molecular weight is 349 g/mol. The Labute approximate surface area is 131 Å². The molecule has 1 aliphatic carbocycles. The molecular weight excluding hydrogens is 332 g/mol. The molecule has 1 aliphatic rings. The second-order valence-electron chi connectivity index (χ2n) is 5.60. The second kappa shape index (κ2) is 4.91. The van der Waals surface area contributed by atoms with E-state index in [0.29, 0.717) is 11.1 Å². The smallest absolute Gasteiger partial charge is 0.278 e. The number of hydrogen-bond acceptors (Lipinski definition) is 3. The molecule has 0 spiro atoms. The van der Waals surface area contributed by atoms with Gasteiger partial charge in [-0.05, 0) is 44.4 Å². The van der Waals surface area contributed by atoms with Crippen molar-refractivity contribution in [3.8, 4) is 5.75 Å². The molecule has 2 aromatic rings. The van der Waals surface area contributed by atoms with Gasteiger partial charge >= 0.3 is 0 Å². The molecule has 0 radical (unpaired) electrons. The Morgan fingerprint density at radius 3 is 2.71 bits per heavy atom. The monoisotopic (exact) mass is 348 g/mol. The first-order chi connectivity index (χ1) is 9.91. The third-order valence-corrected chi connectivity index (χ3v) is 4.64. The molecule has 0 unspecified atom stereocenters. The lowest BCUT2D eigenvalue weighted by atomic mass is 10.1. The van der Waals surface area contributed by atoms with E-state index in [9.17, 15) is 9.90 Å². The van der Waals surface area contributed by atoms with Crippen LogP contribution >= 0.6 is 15.9 Å². The average Bonchev–Trinajstić information content (AvgIpc) is 3.23. The minimum absolute atomic E-state index is 0.00880. The molecular formula is C16H17BrN2O2. The number of halogens is 1. The Morgan fingerprint density at radius 2 is 2.14 bits per heavy atom. The SMILES string of the molecule is C=C(C)Nc1c(O)c2ccc(Br)c(C)c2n(C2CC2)c1=O. The highest BCUT2D eigenvalue weighted by atomic mass is 79.9. The van der Waals surface area contributed by atoms with E-state index in [4.69, 9.17) is 0 Å². The van der Waals surface area contributed by atoms with Crippen LogP contribution in [-0.4, -0.2) is 9.67 Å². The normalized spacial score (nSPS) is 14.4. The van der Waals surface area contributed by atoms with Crippen molar-refractivity contribution in [3.05, 3.63) is 44.8 Å². The van der Waals surface area contributed by atoms with Crippen LogP contribution < -0.4 is 10.9 Å². The highest BCUT2D eigenvalue weighted by Crippen LogP contribution is 2.41. The zero-order chi connectivity index (χ0) is 15.3. The summed E-state index contributed by atoms with van der Waals surface area (Å²) in [5, 5.41) is 14.1. The van der Waals surface area contributed by atoms with Crippen molar-refractivity contribution in [2.45, 2.75) is 32.7 Å². The van der Waals surface area contributed by atoms with Crippen LogP contribution in [0, 0.1) is 6.92 Å². The van der Waals surface area contributed by atoms with Gasteiger partial charge in [0.1, 0.15) is 5.69 Å². The van der Waals surface area contributed by atoms with E-state index in [-0.39, 0.29) is 23.0 Å². The first-order valence-electron chi connectivity index (χ1n) is 6.90. The summed E-state index contributed by atoms with van der Waals surface area (Å²) in [4.78, 5) is 12.8. The van der Waals surface area contributed by atoms with Crippen LogP contribution in [0.1, 0.15) is 31.4 Å². The van der Waals surface area contributed by atoms with Gasteiger partial charge in [-0.25, -0.2) is 0 Å². The molecule has 0 amide bonds. The molecule has 110 valence electrons. The quantitative estimate of drug-likeness (QED) is 0.879. The van der Waals surface area contributed by atoms with Crippen LogP contribution in [0.15, 0.2) is 33.7 Å². The number of anilines is 1. The number of nitrogens with one attached hydrogen (secondary N) is 1. The van der Waals surface area contributed by atoms with Gasteiger partial charge in [0.25, 0.3) is 5.56 Å². The highest BCUT2D eigenvalue weighted by molar-refractivity contribution is 9.10. The lowest BCUT2D eigenvalue weighted by Crippen LogP contribution is -2.23. The number of hydrogen-bond donors (Lipinski definition) is 2. The minimum Gasteiger partial charge on any atom is -0.505 e. The van der Waals surface area contributed by atoms with Crippen LogP contribution in [-0.2, 0) is 0 Å². The summed E-state index contributed by atoms with van der Waals surface area (Å²) in [6.07, 6.45) is 2.00. The van der Waals surface area contributed by atoms with E-state index in [2.05, 4.69) is 27.8 Å². The van der Waals surface area contributed by atoms with E-state index < -0.39 is 0 Å². The zero-order valence-electron chi connectivity index (χ0n) is 12.0. The fourth-order valence-corrected chi connectivity index (χ4v) is 2.96. The first kappa shape index (κ1) is 14.2. The number of aryl methyl sites for hydroxylation is 1. The van der Waals surface area contributed by atoms with E-state index in [1.54, 1.807) is 11.5 Å². The number of nitrogens with zero attached hydrogens (tertiary/aromatic N) is 1. The molecule has 4 nitrogen and oxygen atoms in total. The molecule has 3 rings (SSSR count). The van der Waals surface area contributed by atoms with Gasteiger partial charge in [0.2, 0.25) is 0 Å². The maximum Gasteiger partial charge on any atom is 0.278 e. The number of aromatic nitrogens is 1. The van der Waals surface area contributed by atoms with Crippen molar-refractivity contribution >= 4 is 32.5 Å². The summed E-state index contributed by atoms with van der Waals surface area (Å²) >= 11 is 3.50. The maximum atomic E-state index is 12.8. The first-order valence-corrected chi connectivity index (χ1v) is 7.70. The van der Waals surface area contributed by atoms with Crippen molar-refractivity contribution in [1.29, 1.82) is 0 Å². The van der Waals surface area contributed by atoms with Crippen molar-refractivity contribution in [2.24, 2.45) is 0 Å². The Bertz CT molecular complexity index is 819. The Kier molecular flexibility index (Phi) is 3.32. The van der Waals surface area contributed by atoms with Crippen LogP contribution in [0.4, 0.5) is 5.69 Å². The third kappa shape index (κ3) is 2.25. The molecule has 1 heterocycles. The molecule has 0 atom stereocenters. The van der Waals surface area contributed by atoms with Crippen molar-refractivity contribution in [1.82, 2.24) is 4.57 Å². The summed E-state index contributed by atoms with van der Waals surface area (Å²) < 4.78 is 2.74. The van der Waals surface area contributed by atoms with E-state index in [1.807, 2.05) is 19.1 Å². The lowest BCUT2D eigenvalue weighted by Gasteiger charge is -2.17. The fraction of sp³-hybridized carbons (Fsp3) is 0.312. The molecule has 0 aliphatic heterocycles. The molecule has 1 aromatic carbocycles. The van der Waals surface area contributed by atoms with Gasteiger partial charge in [0, 0.05) is 21.6 Å². The van der Waals surface area contributed by atoms with E-state index in [1.165, 1.54) is 0 Å². The van der Waals surface area contributed by atoms with Gasteiger partial charge in [-0.2, -0.15) is 0 Å². The minimum atomic E-state index is -0.188. The Balaban J connectivity index is 2.45. The topological polar surface area (TPSA) is 54.3 Å². The van der Waals surface area contributed by atoms with Crippen LogP contribution in [0.25, 0.3) is 10.9 Å². The zero-order valence-corrected chi connectivity index (χ0v) is 13.6. The van der Waals surface area contributed by atoms with Crippen LogP contribution in [0.2, 0.25) is 0 Å². The lowest BCUT2D eigenvalue weighted by molar-refractivity contribution is 0.481. The van der Waals surface area contributed by atoms with Gasteiger partial charge in [-0.15, -0.1) is 0 Å². The standard InChI is InChI=1S/C16H17BrN2O2/c1-8(2)18-13-15(20)11-6-7-12(17)9(3)14(11)19(16(13)21)10-4-5-10/h6-7,10,18,20H,1,4-5H2,2-3H3. The number of aromatic hydroxyl groups is 1. The third-order valence-electron chi connectivity index (χ3n) is 3.78. The summed E-state index contributed by atoms with van der Waals surface area (Å²) in [5.74, 6) is -0.00880. The van der Waals surface area contributed by atoms with Crippen molar-refractivity contribution in [2.75, 3.05) is 5.32 Å². The number of fused-ring (bicyclic) bond motifs is 1. The fourth-order valence-electron chi connectivity index (χ4n) is 2.64. The predicted molar refractivity (Wildman–Crippen MR) is 89.0 cm³/mol. The van der Waals surface area contributed by atoms with Crippen LogP contribution in [0.5, 0.6) is 5.75 Å². The number of benzene rings is 1. The summed E-state index contributed by atoms with van der Waals surface area (Å²) in [7, 11) is 0. The summed E-state index contributed by atoms with van der Waals surface area (Å²) in [6, 6.07) is 3.95. The largest absolute Gasteiger partial charge is 0.505 e. The summed E-state index contributed by atoms with van der Waals surface area (Å²) in [6.45, 7) is 7.47. The van der Waals surface area contributed by atoms with Gasteiger partial charge in [0.05, 0.1) is 5.52 Å². The molecule has 0 saturated heterocycles. The molecule has 1 aromatic heterocycles. The molecule has 2 N–H and O–H groups in total. The van der Waals surface area contributed by atoms with Crippen molar-refractivity contribution < 1.29 is 5.11 Å². The van der Waals surface area contributed by atoms with Gasteiger partial charge in [-0.1, -0.05) is 22.5 Å². The molecule has 5 heteroatoms. The van der Waals surface area contributed by atoms with Gasteiger partial charge in [-0.3, -0.25) is 4.79 Å². The molecule has 0 bridgehead atoms. The Hall–Kier alpha value is -1.75.